The number of carboxylic acid groups (broad SMARTS) is 1. The molecule has 0 unspecified atom stereocenters. The van der Waals surface area contributed by atoms with E-state index in [1.165, 1.54) is 25.6 Å². The van der Waals surface area contributed by atoms with Crippen LogP contribution in [0, 0.1) is 13.8 Å². The number of aryl methyl sites for hydroxylation is 2. The first-order valence-corrected chi connectivity index (χ1v) is 4.67. The molecule has 0 atom stereocenters. The third-order valence-corrected chi connectivity index (χ3v) is 2.35. The molecule has 4 nitrogen and oxygen atoms in total. The van der Waals surface area contributed by atoms with Gasteiger partial charge >= 0.3 is 12.1 Å². The SMILES string of the molecule is Cc1nn(C)c(C)c1/C(=C\C(=O)O)C(F)(F)F. The van der Waals surface area contributed by atoms with Crippen molar-refractivity contribution in [1.82, 2.24) is 9.78 Å². The van der Waals surface area contributed by atoms with Crippen LogP contribution in [0.25, 0.3) is 5.57 Å². The van der Waals surface area contributed by atoms with Gasteiger partial charge in [0, 0.05) is 24.4 Å². The maximum atomic E-state index is 12.8. The van der Waals surface area contributed by atoms with E-state index in [4.69, 9.17) is 5.11 Å². The minimum atomic E-state index is -4.73. The Bertz CT molecular complexity index is 486. The van der Waals surface area contributed by atoms with Crippen LogP contribution >= 0.6 is 0 Å². The third-order valence-electron chi connectivity index (χ3n) is 2.35. The van der Waals surface area contributed by atoms with E-state index in [-0.39, 0.29) is 23.0 Å². The first kappa shape index (κ1) is 13.3. The molecule has 0 aliphatic heterocycles. The number of hydrogen-bond acceptors (Lipinski definition) is 2. The summed E-state index contributed by atoms with van der Waals surface area (Å²) in [7, 11) is 1.50. The lowest BCUT2D eigenvalue weighted by Gasteiger charge is -2.11. The van der Waals surface area contributed by atoms with Gasteiger partial charge in [0.25, 0.3) is 0 Å². The van der Waals surface area contributed by atoms with Crippen molar-refractivity contribution in [2.45, 2.75) is 20.0 Å². The lowest BCUT2D eigenvalue weighted by Crippen LogP contribution is -2.14. The van der Waals surface area contributed by atoms with Crippen LogP contribution < -0.4 is 0 Å². The molecule has 1 heterocycles. The standard InChI is InChI=1S/C10H11F3N2O2/c1-5-9(6(2)15(3)14-5)7(4-8(16)17)10(11,12)13/h4H,1-3H3,(H,16,17)/b7-4+. The fourth-order valence-electron chi connectivity index (χ4n) is 1.58. The Hall–Kier alpha value is -1.79. The summed E-state index contributed by atoms with van der Waals surface area (Å²) in [5, 5.41) is 12.3. The van der Waals surface area contributed by atoms with Crippen molar-refractivity contribution in [2.24, 2.45) is 7.05 Å². The van der Waals surface area contributed by atoms with E-state index in [0.29, 0.717) is 0 Å². The summed E-state index contributed by atoms with van der Waals surface area (Å²) >= 11 is 0. The summed E-state index contributed by atoms with van der Waals surface area (Å²) < 4.78 is 39.6. The van der Waals surface area contributed by atoms with Gasteiger partial charge in [-0.1, -0.05) is 0 Å². The van der Waals surface area contributed by atoms with Gasteiger partial charge in [0.05, 0.1) is 11.3 Å². The minimum absolute atomic E-state index is 0.148. The van der Waals surface area contributed by atoms with E-state index >= 15 is 0 Å². The smallest absolute Gasteiger partial charge is 0.417 e. The van der Waals surface area contributed by atoms with Crippen molar-refractivity contribution in [3.63, 3.8) is 0 Å². The molecular formula is C10H11F3N2O2. The summed E-state index contributed by atoms with van der Waals surface area (Å²) in [6.45, 7) is 2.86. The number of allylic oxidation sites excluding steroid dienone is 1. The molecular weight excluding hydrogens is 237 g/mol. The van der Waals surface area contributed by atoms with Crippen molar-refractivity contribution in [2.75, 3.05) is 0 Å². The topological polar surface area (TPSA) is 55.1 Å². The van der Waals surface area contributed by atoms with Crippen LogP contribution in [0.2, 0.25) is 0 Å². The third kappa shape index (κ3) is 2.66. The lowest BCUT2D eigenvalue weighted by molar-refractivity contribution is -0.131. The van der Waals surface area contributed by atoms with Gasteiger partial charge in [0.1, 0.15) is 0 Å². The fourth-order valence-corrected chi connectivity index (χ4v) is 1.58. The highest BCUT2D eigenvalue weighted by Crippen LogP contribution is 2.36. The number of aromatic nitrogens is 2. The highest BCUT2D eigenvalue weighted by Gasteiger charge is 2.38. The zero-order valence-corrected chi connectivity index (χ0v) is 9.46. The zero-order valence-electron chi connectivity index (χ0n) is 9.46. The molecule has 0 saturated heterocycles. The first-order valence-electron chi connectivity index (χ1n) is 4.67. The van der Waals surface area contributed by atoms with Crippen molar-refractivity contribution in [3.05, 3.63) is 23.0 Å². The number of alkyl halides is 3. The second-order valence-corrected chi connectivity index (χ2v) is 3.56. The molecule has 0 aliphatic rings. The van der Waals surface area contributed by atoms with Crippen LogP contribution in [0.5, 0.6) is 0 Å². The van der Waals surface area contributed by atoms with Gasteiger partial charge in [-0.25, -0.2) is 4.79 Å². The Kier molecular flexibility index (Phi) is 3.30. The predicted octanol–water partition coefficient (Wildman–Crippen LogP) is 2.07. The van der Waals surface area contributed by atoms with E-state index in [1.807, 2.05) is 0 Å². The summed E-state index contributed by atoms with van der Waals surface area (Å²) in [5.74, 6) is -1.64. The molecule has 1 N–H and O–H groups in total. The predicted molar refractivity (Wildman–Crippen MR) is 54.3 cm³/mol. The number of aliphatic carboxylic acids is 1. The molecule has 94 valence electrons. The minimum Gasteiger partial charge on any atom is -0.478 e. The molecule has 0 amide bonds. The molecule has 0 aliphatic carbocycles. The van der Waals surface area contributed by atoms with Crippen LogP contribution in [-0.4, -0.2) is 27.0 Å². The normalized spacial score (nSPS) is 12.9. The van der Waals surface area contributed by atoms with Gasteiger partial charge in [-0.2, -0.15) is 18.3 Å². The van der Waals surface area contributed by atoms with Gasteiger partial charge < -0.3 is 5.11 Å². The number of nitrogens with zero attached hydrogens (tertiary/aromatic N) is 2. The van der Waals surface area contributed by atoms with Crippen molar-refractivity contribution < 1.29 is 23.1 Å². The van der Waals surface area contributed by atoms with Crippen molar-refractivity contribution >= 4 is 11.5 Å². The van der Waals surface area contributed by atoms with Gasteiger partial charge in [-0.05, 0) is 13.8 Å². The number of rotatable bonds is 2. The molecule has 0 spiro atoms. The van der Waals surface area contributed by atoms with E-state index in [9.17, 15) is 18.0 Å². The number of carboxylic acids is 1. The van der Waals surface area contributed by atoms with E-state index in [1.54, 1.807) is 0 Å². The number of halogens is 3. The van der Waals surface area contributed by atoms with Gasteiger partial charge in [-0.3, -0.25) is 4.68 Å². The molecule has 1 aromatic rings. The zero-order chi connectivity index (χ0) is 13.4. The molecule has 0 radical (unpaired) electrons. The molecule has 0 aromatic carbocycles. The number of hydrogen-bond donors (Lipinski definition) is 1. The Labute approximate surface area is 95.4 Å². The molecule has 0 fully saturated rings. The first-order chi connectivity index (χ1) is 7.64. The fraction of sp³-hybridized carbons (Fsp3) is 0.400. The molecule has 0 saturated carbocycles. The highest BCUT2D eigenvalue weighted by atomic mass is 19.4. The van der Waals surface area contributed by atoms with Crippen LogP contribution in [0.1, 0.15) is 17.0 Å². The van der Waals surface area contributed by atoms with Crippen molar-refractivity contribution in [3.8, 4) is 0 Å². The van der Waals surface area contributed by atoms with E-state index in [2.05, 4.69) is 5.10 Å². The van der Waals surface area contributed by atoms with Gasteiger partial charge in [0.2, 0.25) is 0 Å². The van der Waals surface area contributed by atoms with Crippen LogP contribution in [0.3, 0.4) is 0 Å². The summed E-state index contributed by atoms with van der Waals surface area (Å²) in [4.78, 5) is 10.5. The largest absolute Gasteiger partial charge is 0.478 e. The monoisotopic (exact) mass is 248 g/mol. The van der Waals surface area contributed by atoms with Gasteiger partial charge in [-0.15, -0.1) is 0 Å². The molecule has 7 heteroatoms. The Morgan fingerprint density at radius 3 is 2.24 bits per heavy atom. The van der Waals surface area contributed by atoms with Gasteiger partial charge in [0.15, 0.2) is 0 Å². The lowest BCUT2D eigenvalue weighted by atomic mass is 10.0. The second kappa shape index (κ2) is 4.23. The average molecular weight is 248 g/mol. The molecule has 1 rings (SSSR count). The Morgan fingerprint density at radius 2 is 1.94 bits per heavy atom. The summed E-state index contributed by atoms with van der Waals surface area (Å²) in [6, 6.07) is 0. The summed E-state index contributed by atoms with van der Waals surface area (Å²) in [6.07, 6.45) is -4.56. The van der Waals surface area contributed by atoms with E-state index < -0.39 is 17.7 Å². The molecule has 1 aromatic heterocycles. The molecule has 17 heavy (non-hydrogen) atoms. The van der Waals surface area contributed by atoms with Crippen LogP contribution in [0.4, 0.5) is 13.2 Å². The van der Waals surface area contributed by atoms with Crippen LogP contribution in [-0.2, 0) is 11.8 Å². The quantitative estimate of drug-likeness (QED) is 0.815. The molecule has 0 bridgehead atoms. The number of carbonyl (C=O) groups is 1. The Balaban J connectivity index is 3.49. The highest BCUT2D eigenvalue weighted by molar-refractivity contribution is 5.92. The Morgan fingerprint density at radius 1 is 1.41 bits per heavy atom. The average Bonchev–Trinajstić information content (AvgIpc) is 2.36. The summed E-state index contributed by atoms with van der Waals surface area (Å²) in [5.41, 5.74) is -0.947. The van der Waals surface area contributed by atoms with E-state index in [0.717, 1.165) is 0 Å². The van der Waals surface area contributed by atoms with Crippen LogP contribution in [0.15, 0.2) is 6.08 Å². The maximum Gasteiger partial charge on any atom is 0.417 e. The second-order valence-electron chi connectivity index (χ2n) is 3.56. The maximum absolute atomic E-state index is 12.8. The van der Waals surface area contributed by atoms with Crippen molar-refractivity contribution in [1.29, 1.82) is 0 Å².